The lowest BCUT2D eigenvalue weighted by molar-refractivity contribution is -0.148. The summed E-state index contributed by atoms with van der Waals surface area (Å²) >= 11 is 0. The van der Waals surface area contributed by atoms with Gasteiger partial charge in [-0.3, -0.25) is 9.52 Å². The van der Waals surface area contributed by atoms with Crippen LogP contribution in [-0.4, -0.2) is 50.1 Å². The van der Waals surface area contributed by atoms with Gasteiger partial charge >= 0.3 is 11.9 Å². The third-order valence-electron chi connectivity index (χ3n) is 4.81. The second-order valence-electron chi connectivity index (χ2n) is 7.00. The number of hydrogen-bond acceptors (Lipinski definition) is 7. The number of anilines is 2. The number of nitrogens with zero attached hydrogens (tertiary/aromatic N) is 2. The number of pyridine rings is 1. The zero-order valence-electron chi connectivity index (χ0n) is 16.7. The molecule has 31 heavy (non-hydrogen) atoms. The van der Waals surface area contributed by atoms with Crippen molar-refractivity contribution in [2.75, 3.05) is 29.3 Å². The summed E-state index contributed by atoms with van der Waals surface area (Å²) in [6.45, 7) is 2.74. The van der Waals surface area contributed by atoms with Crippen LogP contribution in [0.15, 0.2) is 41.4 Å². The molecule has 0 radical (unpaired) electrons. The van der Waals surface area contributed by atoms with Gasteiger partial charge in [-0.2, -0.15) is 0 Å². The molecule has 9 nitrogen and oxygen atoms in total. The van der Waals surface area contributed by atoms with Gasteiger partial charge in [0.05, 0.1) is 29.3 Å². The Balaban J connectivity index is 1.85. The van der Waals surface area contributed by atoms with Gasteiger partial charge in [-0.25, -0.2) is 22.6 Å². The zero-order valence-corrected chi connectivity index (χ0v) is 17.6. The average Bonchev–Trinajstić information content (AvgIpc) is 2.74. The van der Waals surface area contributed by atoms with Crippen LogP contribution in [0, 0.1) is 11.7 Å². The molecule has 11 heteroatoms. The fourth-order valence-electron chi connectivity index (χ4n) is 3.37. The molecular weight excluding hydrogens is 429 g/mol. The Morgan fingerprint density at radius 3 is 2.68 bits per heavy atom. The molecular formula is C20H22FN3O6S. The third-order valence-corrected chi connectivity index (χ3v) is 6.21. The third kappa shape index (κ3) is 5.29. The molecule has 2 N–H and O–H groups in total. The number of esters is 1. The molecule has 1 aliphatic heterocycles. The minimum Gasteiger partial charge on any atom is -0.478 e. The van der Waals surface area contributed by atoms with Gasteiger partial charge in [0.2, 0.25) is 0 Å². The Hall–Kier alpha value is -3.21. The largest absolute Gasteiger partial charge is 0.478 e. The molecule has 0 spiro atoms. The van der Waals surface area contributed by atoms with E-state index in [-0.39, 0.29) is 41.1 Å². The summed E-state index contributed by atoms with van der Waals surface area (Å²) in [7, 11) is -4.06. The molecule has 3 rings (SSSR count). The Bertz CT molecular complexity index is 1070. The summed E-state index contributed by atoms with van der Waals surface area (Å²) < 4.78 is 45.4. The molecule has 0 amide bonds. The molecule has 1 aromatic carbocycles. The van der Waals surface area contributed by atoms with Gasteiger partial charge < -0.3 is 14.7 Å². The smallest absolute Gasteiger partial charge is 0.339 e. The van der Waals surface area contributed by atoms with Crippen molar-refractivity contribution in [2.45, 2.75) is 24.7 Å². The van der Waals surface area contributed by atoms with Crippen LogP contribution >= 0.6 is 0 Å². The second-order valence-corrected chi connectivity index (χ2v) is 8.68. The lowest BCUT2D eigenvalue weighted by atomic mass is 9.98. The number of carboxylic acids is 1. The first-order valence-electron chi connectivity index (χ1n) is 9.64. The Labute approximate surface area is 178 Å². The van der Waals surface area contributed by atoms with Crippen LogP contribution in [0.3, 0.4) is 0 Å². The van der Waals surface area contributed by atoms with Crippen molar-refractivity contribution in [3.63, 3.8) is 0 Å². The van der Waals surface area contributed by atoms with Crippen LogP contribution in [-0.2, 0) is 19.6 Å². The fraction of sp³-hybridized carbons (Fsp3) is 0.350. The lowest BCUT2D eigenvalue weighted by Gasteiger charge is -2.33. The van der Waals surface area contributed by atoms with E-state index in [2.05, 4.69) is 9.71 Å². The average molecular weight is 451 g/mol. The van der Waals surface area contributed by atoms with E-state index in [0.717, 1.165) is 24.3 Å². The predicted molar refractivity (Wildman–Crippen MR) is 110 cm³/mol. The van der Waals surface area contributed by atoms with E-state index in [9.17, 15) is 27.5 Å². The molecule has 0 saturated carbocycles. The van der Waals surface area contributed by atoms with Crippen LogP contribution in [0.5, 0.6) is 0 Å². The van der Waals surface area contributed by atoms with Gasteiger partial charge in [0, 0.05) is 13.1 Å². The fourth-order valence-corrected chi connectivity index (χ4v) is 4.41. The molecule has 1 fully saturated rings. The van der Waals surface area contributed by atoms with Crippen LogP contribution < -0.4 is 9.62 Å². The summed E-state index contributed by atoms with van der Waals surface area (Å²) in [5.41, 5.74) is -0.256. The number of hydrogen-bond donors (Lipinski definition) is 2. The van der Waals surface area contributed by atoms with E-state index in [1.165, 1.54) is 12.3 Å². The molecule has 166 valence electrons. The van der Waals surface area contributed by atoms with Gasteiger partial charge in [-0.1, -0.05) is 0 Å². The Kier molecular flexibility index (Phi) is 6.74. The monoisotopic (exact) mass is 451 g/mol. The number of aromatic nitrogens is 1. The minimum absolute atomic E-state index is 0.0515. The molecule has 1 saturated heterocycles. The zero-order chi connectivity index (χ0) is 22.6. The highest BCUT2D eigenvalue weighted by Gasteiger charge is 2.30. The number of ether oxygens (including phenoxy) is 1. The Morgan fingerprint density at radius 2 is 2.03 bits per heavy atom. The summed E-state index contributed by atoms with van der Waals surface area (Å²) in [5, 5.41) is 9.65. The normalized spacial score (nSPS) is 16.6. The molecule has 2 heterocycles. The van der Waals surface area contributed by atoms with Crippen LogP contribution in [0.1, 0.15) is 30.1 Å². The van der Waals surface area contributed by atoms with Crippen molar-refractivity contribution in [3.05, 3.63) is 47.9 Å². The highest BCUT2D eigenvalue weighted by Crippen LogP contribution is 2.28. The Morgan fingerprint density at radius 1 is 1.32 bits per heavy atom. The molecule has 2 aromatic rings. The van der Waals surface area contributed by atoms with E-state index in [0.29, 0.717) is 19.4 Å². The second kappa shape index (κ2) is 9.29. The molecule has 0 unspecified atom stereocenters. The van der Waals surface area contributed by atoms with Gasteiger partial charge in [-0.05, 0) is 50.1 Å². The van der Waals surface area contributed by atoms with Crippen molar-refractivity contribution in [2.24, 2.45) is 5.92 Å². The maximum atomic E-state index is 13.1. The van der Waals surface area contributed by atoms with Crippen LogP contribution in [0.25, 0.3) is 0 Å². The van der Waals surface area contributed by atoms with E-state index < -0.39 is 27.7 Å². The maximum Gasteiger partial charge on any atom is 0.339 e. The number of nitrogens with one attached hydrogen (secondary N) is 1. The highest BCUT2D eigenvalue weighted by molar-refractivity contribution is 7.92. The van der Waals surface area contributed by atoms with E-state index in [1.807, 2.05) is 0 Å². The van der Waals surface area contributed by atoms with E-state index in [1.54, 1.807) is 11.8 Å². The highest BCUT2D eigenvalue weighted by atomic mass is 32.2. The van der Waals surface area contributed by atoms with Crippen LogP contribution in [0.2, 0.25) is 0 Å². The first-order valence-corrected chi connectivity index (χ1v) is 11.1. The van der Waals surface area contributed by atoms with Crippen molar-refractivity contribution in [3.8, 4) is 0 Å². The number of benzene rings is 1. The topological polar surface area (TPSA) is 126 Å². The van der Waals surface area contributed by atoms with E-state index >= 15 is 0 Å². The summed E-state index contributed by atoms with van der Waals surface area (Å²) in [6.07, 6.45) is 2.49. The number of halogens is 1. The first kappa shape index (κ1) is 22.5. The molecule has 0 aliphatic carbocycles. The summed E-state index contributed by atoms with van der Waals surface area (Å²) in [6, 6.07) is 5.38. The number of sulfonamides is 1. The van der Waals surface area contributed by atoms with Gasteiger partial charge in [0.1, 0.15) is 17.2 Å². The standard InChI is InChI=1S/C20H22FN3O6S/c1-2-30-20(27)13-4-3-9-24(12-13)18-17(19(25)26)10-15(11-22-18)23-31(28,29)16-7-5-14(21)6-8-16/h5-8,10-11,13,23H,2-4,9,12H2,1H3,(H,25,26)/t13-/m0/s1. The molecule has 1 aromatic heterocycles. The van der Waals surface area contributed by atoms with Gasteiger partial charge in [-0.15, -0.1) is 0 Å². The van der Waals surface area contributed by atoms with Crippen molar-refractivity contribution in [1.82, 2.24) is 4.98 Å². The summed E-state index contributed by atoms with van der Waals surface area (Å²) in [4.78, 5) is 29.6. The minimum atomic E-state index is -4.06. The number of aromatic carboxylic acids is 1. The van der Waals surface area contributed by atoms with E-state index in [4.69, 9.17) is 4.74 Å². The number of rotatable bonds is 7. The van der Waals surface area contributed by atoms with Crippen LogP contribution in [0.4, 0.5) is 15.9 Å². The van der Waals surface area contributed by atoms with Gasteiger partial charge in [0.15, 0.2) is 0 Å². The predicted octanol–water partition coefficient (Wildman–Crippen LogP) is 2.50. The SMILES string of the molecule is CCOC(=O)[C@H]1CCCN(c2ncc(NS(=O)(=O)c3ccc(F)cc3)cc2C(=O)O)C1. The number of piperidine rings is 1. The molecule has 1 atom stereocenters. The van der Waals surface area contributed by atoms with Crippen molar-refractivity contribution < 1.29 is 32.2 Å². The quantitative estimate of drug-likeness (QED) is 0.615. The van der Waals surface area contributed by atoms with Crippen molar-refractivity contribution >= 4 is 33.5 Å². The lowest BCUT2D eigenvalue weighted by Crippen LogP contribution is -2.40. The first-order chi connectivity index (χ1) is 14.7. The maximum absolute atomic E-state index is 13.1. The molecule has 0 bridgehead atoms. The number of carbonyl (C=O) groups is 2. The molecule has 1 aliphatic rings. The number of carboxylic acid groups (broad SMARTS) is 1. The van der Waals surface area contributed by atoms with Gasteiger partial charge in [0.25, 0.3) is 10.0 Å². The van der Waals surface area contributed by atoms with Crippen molar-refractivity contribution in [1.29, 1.82) is 0 Å². The summed E-state index contributed by atoms with van der Waals surface area (Å²) in [5.74, 6) is -2.46. The number of carbonyl (C=O) groups excluding carboxylic acids is 1.